The summed E-state index contributed by atoms with van der Waals surface area (Å²) in [5.41, 5.74) is 3.48. The zero-order valence-electron chi connectivity index (χ0n) is 15.9. The maximum absolute atomic E-state index is 12.0. The maximum Gasteiger partial charge on any atom is 0.319 e. The average molecular weight is 367 g/mol. The number of rotatable bonds is 7. The third-order valence-electron chi connectivity index (χ3n) is 4.42. The lowest BCUT2D eigenvalue weighted by Gasteiger charge is -2.14. The van der Waals surface area contributed by atoms with E-state index in [0.29, 0.717) is 6.54 Å². The summed E-state index contributed by atoms with van der Waals surface area (Å²) in [5, 5.41) is 8.75. The van der Waals surface area contributed by atoms with E-state index in [9.17, 15) is 4.79 Å². The summed E-state index contributed by atoms with van der Waals surface area (Å²) in [6.07, 6.45) is 5.43. The highest BCUT2D eigenvalue weighted by atomic mass is 16.2. The first-order valence-corrected chi connectivity index (χ1v) is 8.96. The van der Waals surface area contributed by atoms with Crippen LogP contribution in [0.4, 0.5) is 16.3 Å². The lowest BCUT2D eigenvalue weighted by atomic mass is 10.1. The minimum Gasteiger partial charge on any atom is -0.370 e. The molecule has 0 radical (unpaired) electrons. The monoisotopic (exact) mass is 367 g/mol. The number of fused-ring (bicyclic) bond motifs is 1. The van der Waals surface area contributed by atoms with E-state index in [-0.39, 0.29) is 6.03 Å². The summed E-state index contributed by atoms with van der Waals surface area (Å²) in [7, 11) is 3.84. The van der Waals surface area contributed by atoms with Gasteiger partial charge in [0.25, 0.3) is 0 Å². The van der Waals surface area contributed by atoms with Gasteiger partial charge >= 0.3 is 6.03 Å². The van der Waals surface area contributed by atoms with Crippen molar-refractivity contribution in [1.29, 1.82) is 0 Å². The van der Waals surface area contributed by atoms with Gasteiger partial charge in [-0.25, -0.2) is 14.8 Å². The van der Waals surface area contributed by atoms with Crippen LogP contribution in [0.2, 0.25) is 0 Å². The Labute approximate surface area is 158 Å². The van der Waals surface area contributed by atoms with E-state index in [1.165, 1.54) is 0 Å². The molecule has 0 bridgehead atoms. The van der Waals surface area contributed by atoms with Gasteiger partial charge in [-0.15, -0.1) is 0 Å². The summed E-state index contributed by atoms with van der Waals surface area (Å²) in [6.45, 7) is 4.47. The molecule has 0 aliphatic heterocycles. The second-order valence-electron chi connectivity index (χ2n) is 6.22. The molecular formula is C19H25N7O. The van der Waals surface area contributed by atoms with Crippen LogP contribution < -0.4 is 16.0 Å². The Hall–Kier alpha value is -3.13. The number of hydrogen-bond acceptors (Lipinski definition) is 5. The number of imidazole rings is 1. The molecule has 0 aliphatic carbocycles. The van der Waals surface area contributed by atoms with Crippen LogP contribution in [0.3, 0.4) is 0 Å². The largest absolute Gasteiger partial charge is 0.370 e. The first kappa shape index (κ1) is 18.7. The number of amides is 2. The molecule has 0 unspecified atom stereocenters. The highest BCUT2D eigenvalue weighted by Gasteiger charge is 2.10. The van der Waals surface area contributed by atoms with Crippen LogP contribution in [0.25, 0.3) is 16.9 Å². The minimum atomic E-state index is -0.202. The van der Waals surface area contributed by atoms with Crippen molar-refractivity contribution in [2.24, 2.45) is 0 Å². The fourth-order valence-corrected chi connectivity index (χ4v) is 2.73. The number of carbonyl (C=O) groups excluding carboxylic acids is 1. The van der Waals surface area contributed by atoms with Gasteiger partial charge in [-0.1, -0.05) is 19.1 Å². The first-order chi connectivity index (χ1) is 13.1. The Morgan fingerprint density at radius 2 is 2.00 bits per heavy atom. The Morgan fingerprint density at radius 1 is 1.22 bits per heavy atom. The molecule has 0 aliphatic rings. The molecule has 0 saturated heterocycles. The molecular weight excluding hydrogens is 342 g/mol. The van der Waals surface area contributed by atoms with Crippen molar-refractivity contribution in [2.75, 3.05) is 44.4 Å². The number of anilines is 2. The number of nitrogens with zero attached hydrogens (tertiary/aromatic N) is 4. The number of likely N-dealkylation sites (N-methyl/N-ethyl adjacent to an activating group) is 1. The summed E-state index contributed by atoms with van der Waals surface area (Å²) in [6, 6.07) is 7.48. The summed E-state index contributed by atoms with van der Waals surface area (Å²) in [5.74, 6) is 0.729. The normalized spacial score (nSPS) is 11.0. The fraction of sp³-hybridized carbons (Fsp3) is 0.316. The Bertz CT molecular complexity index is 904. The van der Waals surface area contributed by atoms with E-state index in [0.717, 1.165) is 41.5 Å². The molecule has 3 N–H and O–H groups in total. The highest BCUT2D eigenvalue weighted by molar-refractivity contribution is 5.89. The van der Waals surface area contributed by atoms with Gasteiger partial charge in [0.1, 0.15) is 0 Å². The van der Waals surface area contributed by atoms with Crippen molar-refractivity contribution >= 4 is 23.2 Å². The van der Waals surface area contributed by atoms with Crippen molar-refractivity contribution in [3.8, 4) is 11.3 Å². The van der Waals surface area contributed by atoms with Crippen LogP contribution in [-0.4, -0.2) is 59.0 Å². The SMILES string of the molecule is CCN(C)CCNC(=O)Nc1ccc(-c2cnc3c(NC)nccn23)cc1. The third-order valence-corrected chi connectivity index (χ3v) is 4.42. The molecule has 3 aromatic rings. The molecule has 0 spiro atoms. The standard InChI is InChI=1S/C19H25N7O/c1-4-25(3)11-9-22-19(27)24-15-7-5-14(6-8-15)16-13-23-18-17(20-2)21-10-12-26(16)18/h5-8,10,12-13H,4,9,11H2,1-3H3,(H,20,21)(H2,22,24,27). The number of aromatic nitrogens is 3. The maximum atomic E-state index is 12.0. The predicted molar refractivity (Wildman–Crippen MR) is 108 cm³/mol. The van der Waals surface area contributed by atoms with Crippen LogP contribution in [-0.2, 0) is 0 Å². The molecule has 8 heteroatoms. The molecule has 2 amide bonds. The molecule has 2 heterocycles. The van der Waals surface area contributed by atoms with E-state index >= 15 is 0 Å². The zero-order valence-corrected chi connectivity index (χ0v) is 15.9. The van der Waals surface area contributed by atoms with Crippen molar-refractivity contribution in [3.05, 3.63) is 42.9 Å². The van der Waals surface area contributed by atoms with Gasteiger partial charge in [0.2, 0.25) is 0 Å². The molecule has 2 aromatic heterocycles. The van der Waals surface area contributed by atoms with Crippen LogP contribution in [0.15, 0.2) is 42.9 Å². The zero-order chi connectivity index (χ0) is 19.2. The number of hydrogen-bond donors (Lipinski definition) is 3. The second-order valence-corrected chi connectivity index (χ2v) is 6.22. The average Bonchev–Trinajstić information content (AvgIpc) is 3.12. The van der Waals surface area contributed by atoms with E-state index in [4.69, 9.17) is 0 Å². The molecule has 142 valence electrons. The lowest BCUT2D eigenvalue weighted by Crippen LogP contribution is -2.35. The molecule has 0 fully saturated rings. The smallest absolute Gasteiger partial charge is 0.319 e. The lowest BCUT2D eigenvalue weighted by molar-refractivity contribution is 0.250. The van der Waals surface area contributed by atoms with Crippen molar-refractivity contribution in [3.63, 3.8) is 0 Å². The van der Waals surface area contributed by atoms with E-state index < -0.39 is 0 Å². The van der Waals surface area contributed by atoms with Gasteiger partial charge in [0.15, 0.2) is 11.5 Å². The molecule has 8 nitrogen and oxygen atoms in total. The Kier molecular flexibility index (Phi) is 5.87. The van der Waals surface area contributed by atoms with E-state index in [1.807, 2.05) is 55.2 Å². The van der Waals surface area contributed by atoms with Gasteiger partial charge in [-0.3, -0.25) is 4.40 Å². The number of urea groups is 1. The van der Waals surface area contributed by atoms with Gasteiger partial charge in [0.05, 0.1) is 11.9 Å². The third kappa shape index (κ3) is 4.35. The summed E-state index contributed by atoms with van der Waals surface area (Å²) < 4.78 is 1.98. The van der Waals surface area contributed by atoms with Gasteiger partial charge in [-0.05, 0) is 25.7 Å². The van der Waals surface area contributed by atoms with Gasteiger partial charge < -0.3 is 20.9 Å². The van der Waals surface area contributed by atoms with Gasteiger partial charge in [-0.2, -0.15) is 0 Å². The molecule has 0 atom stereocenters. The fourth-order valence-electron chi connectivity index (χ4n) is 2.73. The van der Waals surface area contributed by atoms with Crippen LogP contribution in [0, 0.1) is 0 Å². The molecule has 1 aromatic carbocycles. The molecule has 3 rings (SSSR count). The topological polar surface area (TPSA) is 86.6 Å². The van der Waals surface area contributed by atoms with Crippen LogP contribution in [0.1, 0.15) is 6.92 Å². The van der Waals surface area contributed by atoms with Crippen molar-refractivity contribution in [1.82, 2.24) is 24.6 Å². The van der Waals surface area contributed by atoms with Crippen molar-refractivity contribution in [2.45, 2.75) is 6.92 Å². The Balaban J connectivity index is 1.66. The quantitative estimate of drug-likeness (QED) is 0.597. The van der Waals surface area contributed by atoms with E-state index in [2.05, 4.69) is 37.7 Å². The predicted octanol–water partition coefficient (Wildman–Crippen LogP) is 2.51. The summed E-state index contributed by atoms with van der Waals surface area (Å²) in [4.78, 5) is 22.8. The second kappa shape index (κ2) is 8.50. The van der Waals surface area contributed by atoms with E-state index in [1.54, 1.807) is 6.20 Å². The molecule has 27 heavy (non-hydrogen) atoms. The van der Waals surface area contributed by atoms with Crippen molar-refractivity contribution < 1.29 is 4.79 Å². The number of nitrogens with one attached hydrogen (secondary N) is 3. The van der Waals surface area contributed by atoms with Gasteiger partial charge in [0, 0.05) is 43.8 Å². The summed E-state index contributed by atoms with van der Waals surface area (Å²) >= 11 is 0. The first-order valence-electron chi connectivity index (χ1n) is 8.96. The van der Waals surface area contributed by atoms with Crippen LogP contribution in [0.5, 0.6) is 0 Å². The number of carbonyl (C=O) groups is 1. The minimum absolute atomic E-state index is 0.202. The Morgan fingerprint density at radius 3 is 2.70 bits per heavy atom. The highest BCUT2D eigenvalue weighted by Crippen LogP contribution is 2.24. The number of benzene rings is 1. The molecule has 0 saturated carbocycles. The van der Waals surface area contributed by atoms with Crippen LogP contribution >= 0.6 is 0 Å².